The fourth-order valence-corrected chi connectivity index (χ4v) is 15.9. The normalized spacial score (nSPS) is 19.3. The Bertz CT molecular complexity index is 2300. The molecular formula is C40H28N4S5. The van der Waals surface area contributed by atoms with E-state index in [4.69, 9.17) is 13.1 Å². The van der Waals surface area contributed by atoms with Gasteiger partial charge in [0.1, 0.15) is 0 Å². The third-order valence-corrected chi connectivity index (χ3v) is 17.0. The zero-order valence-electron chi connectivity index (χ0n) is 26.5. The number of hydrogen-bond acceptors (Lipinski definition) is 7. The second-order valence-electron chi connectivity index (χ2n) is 13.4. The Morgan fingerprint density at radius 1 is 0.592 bits per heavy atom. The molecule has 0 atom stereocenters. The smallest absolute Gasteiger partial charge is 0.227 e. The van der Waals surface area contributed by atoms with Crippen LogP contribution in [0.2, 0.25) is 0 Å². The van der Waals surface area contributed by atoms with Crippen LogP contribution in [0.15, 0.2) is 35.7 Å². The molecule has 0 radical (unpaired) electrons. The van der Waals surface area contributed by atoms with Gasteiger partial charge in [-0.1, -0.05) is 38.5 Å². The summed E-state index contributed by atoms with van der Waals surface area (Å²) in [5.74, 6) is 0. The quantitative estimate of drug-likeness (QED) is 0.137. The van der Waals surface area contributed by atoms with Crippen molar-refractivity contribution in [1.29, 1.82) is 10.5 Å². The monoisotopic (exact) mass is 724 g/mol. The van der Waals surface area contributed by atoms with Gasteiger partial charge in [0.25, 0.3) is 11.4 Å². The van der Waals surface area contributed by atoms with Gasteiger partial charge in [-0.15, -0.1) is 56.7 Å². The van der Waals surface area contributed by atoms with Crippen LogP contribution < -0.4 is 0 Å². The molecule has 0 aliphatic heterocycles. The summed E-state index contributed by atoms with van der Waals surface area (Å²) in [6, 6.07) is 12.6. The predicted octanol–water partition coefficient (Wildman–Crippen LogP) is 13.4. The van der Waals surface area contributed by atoms with Crippen LogP contribution in [0, 0.1) is 35.8 Å². The van der Waals surface area contributed by atoms with Crippen LogP contribution in [0.3, 0.4) is 0 Å². The molecule has 0 saturated heterocycles. The zero-order valence-corrected chi connectivity index (χ0v) is 30.6. The van der Waals surface area contributed by atoms with Crippen molar-refractivity contribution in [2.75, 3.05) is 0 Å². The van der Waals surface area contributed by atoms with Crippen molar-refractivity contribution in [1.82, 2.24) is 0 Å². The second-order valence-corrected chi connectivity index (χ2v) is 18.8. The molecule has 0 aromatic carbocycles. The Hall–Kier alpha value is -4.06. The highest BCUT2D eigenvalue weighted by Gasteiger charge is 2.49. The van der Waals surface area contributed by atoms with Crippen molar-refractivity contribution < 1.29 is 0 Å². The number of thiophene rings is 5. The first-order valence-corrected chi connectivity index (χ1v) is 20.8. The summed E-state index contributed by atoms with van der Waals surface area (Å²) in [7, 11) is 0. The van der Waals surface area contributed by atoms with Crippen LogP contribution in [0.4, 0.5) is 0 Å². The second kappa shape index (κ2) is 11.8. The molecule has 5 aromatic heterocycles. The first-order valence-electron chi connectivity index (χ1n) is 16.7. The van der Waals surface area contributed by atoms with Crippen molar-refractivity contribution in [2.45, 2.75) is 75.0 Å². The van der Waals surface area contributed by atoms with E-state index in [1.165, 1.54) is 114 Å². The molecule has 5 aromatic rings. The lowest BCUT2D eigenvalue weighted by atomic mass is 9.67. The summed E-state index contributed by atoms with van der Waals surface area (Å²) >= 11 is 9.47. The van der Waals surface area contributed by atoms with E-state index in [9.17, 15) is 10.5 Å². The number of rotatable bonds is 4. The number of fused-ring (bicyclic) bond motifs is 9. The summed E-state index contributed by atoms with van der Waals surface area (Å²) < 4.78 is 5.95. The summed E-state index contributed by atoms with van der Waals surface area (Å²) in [6.07, 6.45) is 20.6. The molecule has 0 unspecified atom stereocenters. The van der Waals surface area contributed by atoms with E-state index in [0.29, 0.717) is 0 Å². The molecular weight excluding hydrogens is 697 g/mol. The largest absolute Gasteiger partial charge is 0.263 e. The van der Waals surface area contributed by atoms with Gasteiger partial charge in [0.15, 0.2) is 0 Å². The lowest BCUT2D eigenvalue weighted by Gasteiger charge is -2.37. The minimum atomic E-state index is 0.0199. The average molecular weight is 725 g/mol. The minimum absolute atomic E-state index is 0.0199. The maximum Gasteiger partial charge on any atom is 0.263 e. The zero-order chi connectivity index (χ0) is 33.3. The van der Waals surface area contributed by atoms with E-state index in [0.717, 1.165) is 9.75 Å². The molecule has 9 rings (SSSR count). The third kappa shape index (κ3) is 4.58. The lowest BCUT2D eigenvalue weighted by Crippen LogP contribution is -2.28. The molecule has 0 bridgehead atoms. The van der Waals surface area contributed by atoms with Gasteiger partial charge < -0.3 is 0 Å². The van der Waals surface area contributed by atoms with Gasteiger partial charge in [0.2, 0.25) is 0 Å². The Morgan fingerprint density at radius 2 is 1.02 bits per heavy atom. The number of nitrogens with zero attached hydrogens (tertiary/aromatic N) is 4. The Morgan fingerprint density at radius 3 is 1.41 bits per heavy atom. The molecule has 5 heterocycles. The molecule has 2 saturated carbocycles. The maximum atomic E-state index is 9.34. The van der Waals surface area contributed by atoms with Gasteiger partial charge in [-0.05, 0) is 96.5 Å². The Labute approximate surface area is 305 Å². The highest BCUT2D eigenvalue weighted by Crippen LogP contribution is 2.65. The van der Waals surface area contributed by atoms with Gasteiger partial charge in [0.05, 0.1) is 44.1 Å². The topological polar surface area (TPSA) is 56.3 Å². The first kappa shape index (κ1) is 31.0. The summed E-state index contributed by atoms with van der Waals surface area (Å²) in [5.41, 5.74) is 6.32. The van der Waals surface area contributed by atoms with E-state index >= 15 is 0 Å². The summed E-state index contributed by atoms with van der Waals surface area (Å²) in [4.78, 5) is 14.1. The molecule has 4 aliphatic carbocycles. The fourth-order valence-electron chi connectivity index (χ4n) is 8.94. The van der Waals surface area contributed by atoms with Crippen molar-refractivity contribution >= 4 is 111 Å². The van der Waals surface area contributed by atoms with Gasteiger partial charge in [-0.2, -0.15) is 0 Å². The molecule has 0 amide bonds. The molecule has 4 aliphatic rings. The number of hydrogen-bond donors (Lipinski definition) is 0. The number of allylic oxidation sites excluding steroid dienone is 4. The van der Waals surface area contributed by atoms with E-state index in [1.807, 2.05) is 34.8 Å². The van der Waals surface area contributed by atoms with Crippen LogP contribution in [-0.4, -0.2) is 0 Å². The average Bonchev–Trinajstić information content (AvgIpc) is 3.98. The molecule has 4 nitrogen and oxygen atoms in total. The molecule has 2 spiro atoms. The minimum Gasteiger partial charge on any atom is -0.227 e. The summed E-state index contributed by atoms with van der Waals surface area (Å²) in [6.45, 7) is 14.6. The highest BCUT2D eigenvalue weighted by atomic mass is 32.1. The van der Waals surface area contributed by atoms with Crippen molar-refractivity contribution in [3.63, 3.8) is 0 Å². The third-order valence-electron chi connectivity index (χ3n) is 11.0. The van der Waals surface area contributed by atoms with Gasteiger partial charge in [-0.25, -0.2) is 20.2 Å². The number of nitriles is 2. The Balaban J connectivity index is 1.17. The van der Waals surface area contributed by atoms with Crippen LogP contribution in [-0.2, 0) is 10.8 Å². The lowest BCUT2D eigenvalue weighted by molar-refractivity contribution is 0.376. The maximum absolute atomic E-state index is 9.34. The Kier molecular flexibility index (Phi) is 7.44. The van der Waals surface area contributed by atoms with Gasteiger partial charge in [0, 0.05) is 40.1 Å². The van der Waals surface area contributed by atoms with E-state index in [2.05, 4.69) is 57.4 Å². The summed E-state index contributed by atoms with van der Waals surface area (Å²) in [5, 5.41) is 18.7. The fraction of sp³-hybridized carbons (Fsp3) is 0.300. The van der Waals surface area contributed by atoms with Crippen LogP contribution in [0.5, 0.6) is 0 Å². The van der Waals surface area contributed by atoms with Crippen molar-refractivity contribution in [2.24, 2.45) is 0 Å². The first-order chi connectivity index (χ1) is 24.0. The molecule has 49 heavy (non-hydrogen) atoms. The molecule has 2 fully saturated rings. The van der Waals surface area contributed by atoms with E-state index < -0.39 is 0 Å². The van der Waals surface area contributed by atoms with E-state index in [1.54, 1.807) is 46.0 Å². The van der Waals surface area contributed by atoms with Crippen LogP contribution in [0.25, 0.3) is 63.9 Å². The van der Waals surface area contributed by atoms with Crippen molar-refractivity contribution in [3.8, 4) is 12.1 Å². The van der Waals surface area contributed by atoms with Gasteiger partial charge in [-0.3, -0.25) is 0 Å². The molecule has 9 heteroatoms. The van der Waals surface area contributed by atoms with Crippen LogP contribution >= 0.6 is 56.7 Å². The van der Waals surface area contributed by atoms with Gasteiger partial charge >= 0.3 is 0 Å². The molecule has 0 N–H and O–H groups in total. The standard InChI is InChI=1S/C40H28N4S5/c1-43-23(21-41)17-25-9-11-29(45-25)27-19-31-33(39(27)13-5-3-6-14-39)35-37(47-31)38-36(49-35)34-32(48-38)20-28(40(34)15-7-4-8-16-40)30-12-10-26(46-30)18-24(22-42)44-2/h9-12,17-20H,3-8,13-16H2/b23-17-,24-18+. The molecule has 238 valence electrons. The predicted molar refractivity (Wildman–Crippen MR) is 209 cm³/mol. The van der Waals surface area contributed by atoms with E-state index in [-0.39, 0.29) is 22.2 Å². The SMILES string of the molecule is [C-]#[N+]/C(C#N)=C\c1ccc(C2=Cc3sc4c(sc5c6c(sc54)C=C(c4ccc(/C=C(\C#N)[N+]#[C-])s4)C64CCCCC4)c3C23CCCCC3)s1. The van der Waals surface area contributed by atoms with Crippen molar-refractivity contribution in [3.05, 3.63) is 98.9 Å². The highest BCUT2D eigenvalue weighted by molar-refractivity contribution is 7.39. The van der Waals surface area contributed by atoms with Crippen LogP contribution in [0.1, 0.15) is 105 Å².